The molecular weight excluding hydrogens is 428 g/mol. The summed E-state index contributed by atoms with van der Waals surface area (Å²) in [5.74, 6) is -1.79. The number of Topliss-reactive ketones (excluding diaryl/α,β-unsaturated/α-hetero) is 1. The van der Waals surface area contributed by atoms with Gasteiger partial charge in [0.15, 0.2) is 4.32 Å². The summed E-state index contributed by atoms with van der Waals surface area (Å²) in [4.78, 5) is 49.2. The zero-order chi connectivity index (χ0) is 21.4. The molecule has 2 aromatic carbocycles. The highest BCUT2D eigenvalue weighted by Crippen LogP contribution is 2.35. The molecule has 10 heteroatoms. The minimum absolute atomic E-state index is 0.0703. The minimum atomic E-state index is -0.868. The average Bonchev–Trinajstić information content (AvgIpc) is 2.98. The minimum Gasteiger partial charge on any atom is -0.422 e. The SMILES string of the molecule is O=C1Oc2ccccc2C(=O)/C1=C\N1C(=O)/C(=C/c2ccc([N+](=O)[O-])cc2)SC1=S. The summed E-state index contributed by atoms with van der Waals surface area (Å²) >= 11 is 6.21. The van der Waals surface area contributed by atoms with Crippen LogP contribution in [-0.4, -0.2) is 31.8 Å². The number of nitro benzene ring substituents is 1. The van der Waals surface area contributed by atoms with E-state index in [-0.39, 0.29) is 31.8 Å². The van der Waals surface area contributed by atoms with E-state index in [1.165, 1.54) is 42.5 Å². The summed E-state index contributed by atoms with van der Waals surface area (Å²) in [6, 6.07) is 12.0. The summed E-state index contributed by atoms with van der Waals surface area (Å²) in [5.41, 5.74) is 0.409. The molecule has 0 aromatic heterocycles. The molecule has 2 heterocycles. The predicted molar refractivity (Wildman–Crippen MR) is 113 cm³/mol. The first-order chi connectivity index (χ1) is 14.3. The molecule has 0 unspecified atom stereocenters. The van der Waals surface area contributed by atoms with Crippen LogP contribution in [0.2, 0.25) is 0 Å². The lowest BCUT2D eigenvalue weighted by Gasteiger charge is -2.18. The van der Waals surface area contributed by atoms with Crippen molar-refractivity contribution in [3.63, 3.8) is 0 Å². The molecule has 0 N–H and O–H groups in total. The quantitative estimate of drug-likeness (QED) is 0.136. The van der Waals surface area contributed by atoms with Crippen LogP contribution >= 0.6 is 24.0 Å². The Hall–Kier alpha value is -3.63. The number of carbonyl (C=O) groups is 3. The van der Waals surface area contributed by atoms with Crippen molar-refractivity contribution >= 4 is 57.7 Å². The monoisotopic (exact) mass is 438 g/mol. The van der Waals surface area contributed by atoms with Crippen LogP contribution in [0.1, 0.15) is 15.9 Å². The third kappa shape index (κ3) is 3.53. The fourth-order valence-corrected chi connectivity index (χ4v) is 4.02. The molecule has 2 aliphatic rings. The second kappa shape index (κ2) is 7.65. The van der Waals surface area contributed by atoms with Crippen molar-refractivity contribution in [2.45, 2.75) is 0 Å². The van der Waals surface area contributed by atoms with Crippen molar-refractivity contribution in [2.75, 3.05) is 0 Å². The number of esters is 1. The number of benzene rings is 2. The number of rotatable bonds is 3. The molecule has 0 aliphatic carbocycles. The maximum absolute atomic E-state index is 12.8. The van der Waals surface area contributed by atoms with Crippen LogP contribution in [0, 0.1) is 10.1 Å². The average molecular weight is 438 g/mol. The van der Waals surface area contributed by atoms with Gasteiger partial charge in [0.1, 0.15) is 11.3 Å². The topological polar surface area (TPSA) is 107 Å². The number of carbonyl (C=O) groups excluding carboxylic acids is 3. The van der Waals surface area contributed by atoms with Crippen LogP contribution in [0.3, 0.4) is 0 Å². The van der Waals surface area contributed by atoms with E-state index in [9.17, 15) is 24.5 Å². The highest BCUT2D eigenvalue weighted by Gasteiger charge is 2.36. The predicted octanol–water partition coefficient (Wildman–Crippen LogP) is 3.48. The number of nitrogens with zero attached hydrogens (tertiary/aromatic N) is 2. The Bertz CT molecular complexity index is 1200. The maximum atomic E-state index is 12.8. The molecule has 2 aromatic rings. The summed E-state index contributed by atoms with van der Waals surface area (Å²) < 4.78 is 5.30. The number of thioether (sulfide) groups is 1. The number of thiocarbonyl (C=S) groups is 1. The van der Waals surface area contributed by atoms with Gasteiger partial charge in [-0.1, -0.05) is 36.1 Å². The number of hydrogen-bond donors (Lipinski definition) is 0. The Morgan fingerprint density at radius 3 is 2.47 bits per heavy atom. The molecule has 0 bridgehead atoms. The van der Waals surface area contributed by atoms with Crippen molar-refractivity contribution in [2.24, 2.45) is 0 Å². The Kier molecular flexibility index (Phi) is 5.02. The molecule has 0 spiro atoms. The molecule has 148 valence electrons. The Morgan fingerprint density at radius 2 is 1.77 bits per heavy atom. The Morgan fingerprint density at radius 1 is 1.07 bits per heavy atom. The van der Waals surface area contributed by atoms with E-state index in [4.69, 9.17) is 17.0 Å². The molecule has 1 fully saturated rings. The van der Waals surface area contributed by atoms with E-state index in [1.807, 2.05) is 0 Å². The standard InChI is InChI=1S/C20H10N2O6S2/c23-17-13-3-1-2-4-15(13)28-19(25)14(17)10-21-18(24)16(30-20(21)29)9-11-5-7-12(8-6-11)22(26)27/h1-10H/b14-10+,16-9-. The van der Waals surface area contributed by atoms with E-state index in [2.05, 4.69) is 0 Å². The zero-order valence-electron chi connectivity index (χ0n) is 14.9. The van der Waals surface area contributed by atoms with Crippen molar-refractivity contribution in [3.8, 4) is 5.75 Å². The van der Waals surface area contributed by atoms with Gasteiger partial charge in [-0.2, -0.15) is 0 Å². The van der Waals surface area contributed by atoms with E-state index >= 15 is 0 Å². The number of ether oxygens (including phenoxy) is 1. The van der Waals surface area contributed by atoms with Gasteiger partial charge in [0.05, 0.1) is 15.4 Å². The van der Waals surface area contributed by atoms with Crippen molar-refractivity contribution in [3.05, 3.63) is 86.5 Å². The first-order valence-corrected chi connectivity index (χ1v) is 9.67. The lowest BCUT2D eigenvalue weighted by Crippen LogP contribution is -2.30. The summed E-state index contributed by atoms with van der Waals surface area (Å²) in [5, 5.41) is 10.8. The summed E-state index contributed by atoms with van der Waals surface area (Å²) in [6.45, 7) is 0. The number of fused-ring (bicyclic) bond motifs is 1. The number of hydrogen-bond acceptors (Lipinski definition) is 8. The number of ketones is 1. The number of nitro groups is 1. The Balaban J connectivity index is 1.62. The smallest absolute Gasteiger partial charge is 0.349 e. The lowest BCUT2D eigenvalue weighted by atomic mass is 10.0. The highest BCUT2D eigenvalue weighted by molar-refractivity contribution is 8.26. The molecule has 0 atom stereocenters. The third-order valence-electron chi connectivity index (χ3n) is 4.28. The third-order valence-corrected chi connectivity index (χ3v) is 5.61. The van der Waals surface area contributed by atoms with Gasteiger partial charge >= 0.3 is 5.97 Å². The van der Waals surface area contributed by atoms with Gasteiger partial charge in [-0.15, -0.1) is 0 Å². The molecule has 0 saturated carbocycles. The first-order valence-electron chi connectivity index (χ1n) is 8.44. The molecular formula is C20H10N2O6S2. The highest BCUT2D eigenvalue weighted by atomic mass is 32.2. The molecule has 0 radical (unpaired) electrons. The van der Waals surface area contributed by atoms with Crippen molar-refractivity contribution < 1.29 is 24.0 Å². The maximum Gasteiger partial charge on any atom is 0.349 e. The molecule has 4 rings (SSSR count). The number of amides is 1. The van der Waals surface area contributed by atoms with Crippen LogP contribution in [0.25, 0.3) is 6.08 Å². The number of para-hydroxylation sites is 1. The largest absolute Gasteiger partial charge is 0.422 e. The van der Waals surface area contributed by atoms with E-state index in [0.717, 1.165) is 22.9 Å². The van der Waals surface area contributed by atoms with Crippen LogP contribution in [0.15, 0.2) is 65.2 Å². The first kappa shape index (κ1) is 19.7. The van der Waals surface area contributed by atoms with Gasteiger partial charge in [0.25, 0.3) is 11.6 Å². The van der Waals surface area contributed by atoms with E-state index < -0.39 is 22.6 Å². The van der Waals surface area contributed by atoms with Gasteiger partial charge in [-0.05, 0) is 35.9 Å². The van der Waals surface area contributed by atoms with Gasteiger partial charge in [0, 0.05) is 18.3 Å². The van der Waals surface area contributed by atoms with Gasteiger partial charge in [-0.25, -0.2) is 4.79 Å². The van der Waals surface area contributed by atoms with Crippen LogP contribution in [-0.2, 0) is 9.59 Å². The molecule has 8 nitrogen and oxygen atoms in total. The fraction of sp³-hybridized carbons (Fsp3) is 0. The molecule has 30 heavy (non-hydrogen) atoms. The molecule has 1 saturated heterocycles. The van der Waals surface area contributed by atoms with Crippen LogP contribution in [0.4, 0.5) is 5.69 Å². The van der Waals surface area contributed by atoms with Crippen LogP contribution in [0.5, 0.6) is 5.75 Å². The number of non-ortho nitro benzene ring substituents is 1. The fourth-order valence-electron chi connectivity index (χ4n) is 2.81. The van der Waals surface area contributed by atoms with Crippen molar-refractivity contribution in [1.29, 1.82) is 0 Å². The van der Waals surface area contributed by atoms with Gasteiger partial charge < -0.3 is 4.74 Å². The lowest BCUT2D eigenvalue weighted by molar-refractivity contribution is -0.384. The van der Waals surface area contributed by atoms with Gasteiger partial charge in [0.2, 0.25) is 5.78 Å². The van der Waals surface area contributed by atoms with Crippen molar-refractivity contribution in [1.82, 2.24) is 4.90 Å². The molecule has 1 amide bonds. The van der Waals surface area contributed by atoms with E-state index in [1.54, 1.807) is 12.1 Å². The van der Waals surface area contributed by atoms with Crippen LogP contribution < -0.4 is 4.74 Å². The summed E-state index contributed by atoms with van der Waals surface area (Å²) in [6.07, 6.45) is 2.62. The second-order valence-corrected chi connectivity index (χ2v) is 7.83. The molecule has 2 aliphatic heterocycles. The zero-order valence-corrected chi connectivity index (χ0v) is 16.6. The normalized spacial score (nSPS) is 18.7. The summed E-state index contributed by atoms with van der Waals surface area (Å²) in [7, 11) is 0. The Labute approximate surface area is 179 Å². The second-order valence-electron chi connectivity index (χ2n) is 6.16. The van der Waals surface area contributed by atoms with Gasteiger partial charge in [-0.3, -0.25) is 24.6 Å². The van der Waals surface area contributed by atoms with E-state index in [0.29, 0.717) is 5.56 Å².